The lowest BCUT2D eigenvalue weighted by Gasteiger charge is -2.44. The first-order valence-corrected chi connectivity index (χ1v) is 11.6. The smallest absolute Gasteiger partial charge is 0.237 e. The summed E-state index contributed by atoms with van der Waals surface area (Å²) in [7, 11) is 0. The molecule has 0 bridgehead atoms. The number of carbonyl (C=O) groups is 1. The van der Waals surface area contributed by atoms with Crippen molar-refractivity contribution in [2.24, 2.45) is 0 Å². The Balaban J connectivity index is 2.05. The lowest BCUT2D eigenvalue weighted by atomic mass is 9.93. The number of carbonyl (C=O) groups excluding carboxylic acids is 1. The minimum Gasteiger partial charge on any atom is -0.388 e. The molecule has 2 aliphatic heterocycles. The molecule has 2 aliphatic rings. The van der Waals surface area contributed by atoms with E-state index in [-0.39, 0.29) is 11.9 Å². The normalized spacial score (nSPS) is 40.2. The molecule has 152 valence electrons. The highest BCUT2D eigenvalue weighted by Crippen LogP contribution is 2.30. The van der Waals surface area contributed by atoms with Gasteiger partial charge in [0.25, 0.3) is 0 Å². The fraction of sp³-hybridized carbons (Fsp3) is 0.938. The molecular weight excluding hydrogens is 400 g/mol. The Hall–Kier alpha value is 0.260. The van der Waals surface area contributed by atoms with Gasteiger partial charge in [-0.2, -0.15) is 11.8 Å². The summed E-state index contributed by atoms with van der Waals surface area (Å²) in [6, 6.07) is -1.01. The van der Waals surface area contributed by atoms with Gasteiger partial charge in [-0.15, -0.1) is 23.4 Å². The van der Waals surface area contributed by atoms with Gasteiger partial charge in [-0.25, -0.2) is 0 Å². The van der Waals surface area contributed by atoms with Gasteiger partial charge in [-0.3, -0.25) is 4.79 Å². The molecule has 10 heteroatoms. The second kappa shape index (κ2) is 10.2. The van der Waals surface area contributed by atoms with E-state index in [0.29, 0.717) is 5.25 Å². The number of ether oxygens (including phenoxy) is 1. The lowest BCUT2D eigenvalue weighted by Crippen LogP contribution is -2.65. The van der Waals surface area contributed by atoms with Gasteiger partial charge in [0.2, 0.25) is 5.91 Å². The zero-order valence-corrected chi connectivity index (χ0v) is 17.6. The van der Waals surface area contributed by atoms with E-state index in [0.717, 1.165) is 18.7 Å². The van der Waals surface area contributed by atoms with Crippen molar-refractivity contribution in [2.75, 3.05) is 18.6 Å². The van der Waals surface area contributed by atoms with Crippen LogP contribution in [0.15, 0.2) is 0 Å². The zero-order valence-electron chi connectivity index (χ0n) is 15.2. The van der Waals surface area contributed by atoms with Crippen molar-refractivity contribution in [3.63, 3.8) is 0 Å². The Morgan fingerprint density at radius 1 is 1.35 bits per heavy atom. The summed E-state index contributed by atoms with van der Waals surface area (Å²) in [4.78, 5) is 12.7. The molecular formula is C16H29ClN2O5S2. The molecule has 26 heavy (non-hydrogen) atoms. The van der Waals surface area contributed by atoms with Gasteiger partial charge in [0.05, 0.1) is 17.5 Å². The fourth-order valence-electron chi connectivity index (χ4n) is 3.35. The second-order valence-electron chi connectivity index (χ2n) is 6.66. The van der Waals surface area contributed by atoms with Crippen LogP contribution in [0.25, 0.3) is 0 Å². The van der Waals surface area contributed by atoms with Gasteiger partial charge >= 0.3 is 0 Å². The zero-order chi connectivity index (χ0) is 19.4. The number of hydrogen-bond donors (Lipinski definition) is 5. The number of aliphatic hydroxyl groups is 3. The highest BCUT2D eigenvalue weighted by molar-refractivity contribution is 7.99. The van der Waals surface area contributed by atoms with Crippen molar-refractivity contribution in [1.82, 2.24) is 10.6 Å². The van der Waals surface area contributed by atoms with Crippen LogP contribution in [0.4, 0.5) is 0 Å². The monoisotopic (exact) mass is 428 g/mol. The third-order valence-corrected chi connectivity index (χ3v) is 7.10. The van der Waals surface area contributed by atoms with Crippen LogP contribution in [0.5, 0.6) is 0 Å². The number of amides is 1. The molecule has 1 amide bonds. The summed E-state index contributed by atoms with van der Waals surface area (Å²) in [5.41, 5.74) is -0.705. The SMILES string of the molecule is CCS[C@@H]1CN[C@H](C(=O)N[C@H](C(C)Cl)[C@H]2O[C@H](SC)[C@H](O)[C@@H](O)[C@H]2O)C1. The Morgan fingerprint density at radius 3 is 2.62 bits per heavy atom. The van der Waals surface area contributed by atoms with Crippen LogP contribution in [0.1, 0.15) is 20.3 Å². The van der Waals surface area contributed by atoms with Crippen molar-refractivity contribution in [1.29, 1.82) is 0 Å². The first-order chi connectivity index (χ1) is 12.3. The lowest BCUT2D eigenvalue weighted by molar-refractivity contribution is -0.205. The van der Waals surface area contributed by atoms with Crippen LogP contribution in [-0.4, -0.2) is 92.3 Å². The molecule has 5 N–H and O–H groups in total. The van der Waals surface area contributed by atoms with Gasteiger partial charge in [-0.05, 0) is 25.4 Å². The molecule has 1 unspecified atom stereocenters. The number of aliphatic hydroxyl groups excluding tert-OH is 3. The Bertz CT molecular complexity index is 474. The number of rotatable bonds is 7. The van der Waals surface area contributed by atoms with Gasteiger partial charge in [0, 0.05) is 11.8 Å². The van der Waals surface area contributed by atoms with E-state index in [2.05, 4.69) is 17.6 Å². The molecule has 2 heterocycles. The van der Waals surface area contributed by atoms with Gasteiger partial charge in [0.1, 0.15) is 29.9 Å². The summed E-state index contributed by atoms with van der Waals surface area (Å²) in [6.07, 6.45) is -2.36. The molecule has 2 fully saturated rings. The summed E-state index contributed by atoms with van der Waals surface area (Å²) >= 11 is 9.31. The number of nitrogens with one attached hydrogen (secondary N) is 2. The molecule has 0 aromatic rings. The van der Waals surface area contributed by atoms with Crippen molar-refractivity contribution in [2.45, 2.75) is 72.8 Å². The summed E-state index contributed by atoms with van der Waals surface area (Å²) in [6.45, 7) is 4.57. The molecule has 2 saturated heterocycles. The molecule has 0 aliphatic carbocycles. The van der Waals surface area contributed by atoms with E-state index >= 15 is 0 Å². The van der Waals surface area contributed by atoms with E-state index in [1.165, 1.54) is 11.8 Å². The van der Waals surface area contributed by atoms with Crippen molar-refractivity contribution in [3.05, 3.63) is 0 Å². The average Bonchev–Trinajstić information content (AvgIpc) is 3.07. The molecule has 9 atom stereocenters. The van der Waals surface area contributed by atoms with Crippen molar-refractivity contribution in [3.8, 4) is 0 Å². The van der Waals surface area contributed by atoms with Gasteiger partial charge in [-0.1, -0.05) is 6.92 Å². The molecule has 0 aromatic heterocycles. The largest absolute Gasteiger partial charge is 0.388 e. The van der Waals surface area contributed by atoms with Gasteiger partial charge in [0.15, 0.2) is 0 Å². The van der Waals surface area contributed by atoms with Crippen LogP contribution in [0, 0.1) is 0 Å². The van der Waals surface area contributed by atoms with Crippen LogP contribution >= 0.6 is 35.1 Å². The molecule has 0 radical (unpaired) electrons. The minimum atomic E-state index is -1.36. The number of thioether (sulfide) groups is 2. The first-order valence-electron chi connectivity index (χ1n) is 8.82. The second-order valence-corrected chi connectivity index (χ2v) is 9.86. The molecule has 0 spiro atoms. The number of hydrogen-bond acceptors (Lipinski definition) is 8. The number of halogens is 1. The highest BCUT2D eigenvalue weighted by atomic mass is 35.5. The van der Waals surface area contributed by atoms with Crippen LogP contribution in [-0.2, 0) is 9.53 Å². The van der Waals surface area contributed by atoms with E-state index in [1.54, 1.807) is 13.2 Å². The van der Waals surface area contributed by atoms with E-state index in [1.807, 2.05) is 11.8 Å². The molecule has 0 saturated carbocycles. The fourth-order valence-corrected chi connectivity index (χ4v) is 5.25. The first kappa shape index (κ1) is 22.5. The molecule has 2 rings (SSSR count). The summed E-state index contributed by atoms with van der Waals surface area (Å²) in [5.74, 6) is 0.805. The van der Waals surface area contributed by atoms with E-state index in [9.17, 15) is 20.1 Å². The average molecular weight is 429 g/mol. The maximum Gasteiger partial charge on any atom is 0.237 e. The predicted molar refractivity (Wildman–Crippen MR) is 106 cm³/mol. The Labute approximate surface area is 168 Å². The van der Waals surface area contributed by atoms with Gasteiger partial charge < -0.3 is 30.7 Å². The quantitative estimate of drug-likeness (QED) is 0.353. The van der Waals surface area contributed by atoms with Crippen LogP contribution in [0.3, 0.4) is 0 Å². The summed E-state index contributed by atoms with van der Waals surface area (Å²) in [5, 5.41) is 36.4. The standard InChI is InChI=1S/C16H29ClN2O5S2/c1-4-26-8-5-9(18-6-8)15(23)19-10(7(2)17)14-12(21)11(20)13(22)16(24-14)25-3/h7-14,16,18,20-22H,4-6H2,1-3H3,(H,19,23)/t7?,8-,9-,10+,11-,12+,13+,14+,16+/m0/s1. The Morgan fingerprint density at radius 2 is 2.04 bits per heavy atom. The van der Waals surface area contributed by atoms with Crippen molar-refractivity contribution >= 4 is 41.0 Å². The Kier molecular flexibility index (Phi) is 8.81. The minimum absolute atomic E-state index is 0.196. The maximum absolute atomic E-state index is 12.7. The van der Waals surface area contributed by atoms with E-state index in [4.69, 9.17) is 16.3 Å². The third kappa shape index (κ3) is 5.20. The van der Waals surface area contributed by atoms with Crippen LogP contribution < -0.4 is 10.6 Å². The van der Waals surface area contributed by atoms with Crippen molar-refractivity contribution < 1.29 is 24.9 Å². The van der Waals surface area contributed by atoms with Crippen LogP contribution in [0.2, 0.25) is 0 Å². The maximum atomic E-state index is 12.7. The number of alkyl halides is 1. The molecule has 7 nitrogen and oxygen atoms in total. The summed E-state index contributed by atoms with van der Waals surface area (Å²) < 4.78 is 5.76. The third-order valence-electron chi connectivity index (χ3n) is 4.81. The topological polar surface area (TPSA) is 111 Å². The van der Waals surface area contributed by atoms with E-state index < -0.39 is 41.3 Å². The predicted octanol–water partition coefficient (Wildman–Crippen LogP) is -0.247. The molecule has 0 aromatic carbocycles. The highest BCUT2D eigenvalue weighted by Gasteiger charge is 2.48.